The third kappa shape index (κ3) is 4.36. The van der Waals surface area contributed by atoms with E-state index in [2.05, 4.69) is 25.8 Å². The van der Waals surface area contributed by atoms with Crippen molar-refractivity contribution in [1.82, 2.24) is 9.55 Å². The Labute approximate surface area is 172 Å². The van der Waals surface area contributed by atoms with Crippen molar-refractivity contribution in [3.63, 3.8) is 0 Å². The van der Waals surface area contributed by atoms with Gasteiger partial charge in [-0.25, -0.2) is 14.7 Å². The summed E-state index contributed by atoms with van der Waals surface area (Å²) in [6.07, 6.45) is -0.479. The van der Waals surface area contributed by atoms with Crippen molar-refractivity contribution in [1.29, 1.82) is 0 Å². The molecule has 154 valence electrons. The first-order valence-electron chi connectivity index (χ1n) is 9.72. The quantitative estimate of drug-likeness (QED) is 0.580. The van der Waals surface area contributed by atoms with E-state index in [0.717, 1.165) is 11.0 Å². The van der Waals surface area contributed by atoms with Gasteiger partial charge in [0, 0.05) is 12.7 Å². The van der Waals surface area contributed by atoms with Gasteiger partial charge in [-0.05, 0) is 62.1 Å². The van der Waals surface area contributed by atoms with E-state index < -0.39 is 11.7 Å². The predicted molar refractivity (Wildman–Crippen MR) is 119 cm³/mol. The Kier molecular flexibility index (Phi) is 5.07. The number of nitrogens with zero attached hydrogens (tertiary/aromatic N) is 3. The molecule has 0 aliphatic rings. The zero-order valence-corrected chi connectivity index (χ0v) is 18.3. The second kappa shape index (κ2) is 7.10. The molecule has 0 radical (unpaired) electrons. The number of fused-ring (bicyclic) bond motifs is 1. The van der Waals surface area contributed by atoms with E-state index in [1.54, 1.807) is 6.07 Å². The van der Waals surface area contributed by atoms with Gasteiger partial charge in [-0.15, -0.1) is 0 Å². The van der Waals surface area contributed by atoms with Gasteiger partial charge in [0.05, 0.1) is 16.7 Å². The van der Waals surface area contributed by atoms with E-state index in [9.17, 15) is 4.79 Å². The predicted octanol–water partition coefficient (Wildman–Crippen LogP) is 5.53. The number of hydrogen-bond donors (Lipinski definition) is 1. The molecular weight excluding hydrogens is 364 g/mol. The first-order chi connectivity index (χ1) is 13.4. The maximum Gasteiger partial charge on any atom is 0.421 e. The van der Waals surface area contributed by atoms with Crippen LogP contribution in [0.3, 0.4) is 0 Å². The molecule has 0 bridgehead atoms. The third-order valence-corrected chi connectivity index (χ3v) is 4.65. The maximum absolute atomic E-state index is 13.2. The molecule has 0 spiro atoms. The van der Waals surface area contributed by atoms with Gasteiger partial charge in [-0.3, -0.25) is 0 Å². The second-order valence-electron chi connectivity index (χ2n) is 9.33. The molecule has 3 aromatic rings. The molecule has 1 heterocycles. The number of amides is 1. The largest absolute Gasteiger partial charge is 0.443 e. The lowest BCUT2D eigenvalue weighted by molar-refractivity contribution is 0.0596. The zero-order chi connectivity index (χ0) is 21.6. The second-order valence-corrected chi connectivity index (χ2v) is 9.33. The van der Waals surface area contributed by atoms with Crippen molar-refractivity contribution in [2.75, 3.05) is 10.6 Å². The fraction of sp³-hybridized carbons (Fsp3) is 0.391. The van der Waals surface area contributed by atoms with E-state index in [0.29, 0.717) is 17.3 Å². The Hall–Kier alpha value is -3.02. The zero-order valence-electron chi connectivity index (χ0n) is 18.3. The smallest absolute Gasteiger partial charge is 0.421 e. The number of anilines is 3. The Morgan fingerprint density at radius 2 is 1.66 bits per heavy atom. The summed E-state index contributed by atoms with van der Waals surface area (Å²) < 4.78 is 7.56. The molecule has 3 rings (SSSR count). The van der Waals surface area contributed by atoms with Crippen LogP contribution in [0, 0.1) is 0 Å². The molecule has 6 heteroatoms. The standard InChI is InChI=1S/C23H30N4O2/c1-22(2,3)15-8-11-17(12-9-15)27(21(28)29-23(4,5)6)20-25-18-14-16(24)10-13-19(18)26(20)7/h8-14H,24H2,1-7H3. The minimum absolute atomic E-state index is 0.0186. The molecule has 0 saturated carbocycles. The Morgan fingerprint density at radius 3 is 2.21 bits per heavy atom. The molecule has 0 saturated heterocycles. The first kappa shape index (κ1) is 20.7. The average Bonchev–Trinajstić information content (AvgIpc) is 2.89. The summed E-state index contributed by atoms with van der Waals surface area (Å²) in [5.41, 5.74) is 9.42. The summed E-state index contributed by atoms with van der Waals surface area (Å²) in [5.74, 6) is 0.475. The highest BCUT2D eigenvalue weighted by Crippen LogP contribution is 2.32. The van der Waals surface area contributed by atoms with Crippen LogP contribution >= 0.6 is 0 Å². The summed E-state index contributed by atoms with van der Waals surface area (Å²) in [5, 5.41) is 0. The van der Waals surface area contributed by atoms with E-state index >= 15 is 0 Å². The molecule has 0 aliphatic carbocycles. The highest BCUT2D eigenvalue weighted by Gasteiger charge is 2.29. The van der Waals surface area contributed by atoms with E-state index in [-0.39, 0.29) is 5.41 Å². The number of aromatic nitrogens is 2. The molecule has 6 nitrogen and oxygen atoms in total. The number of nitrogens with two attached hydrogens (primary N) is 1. The number of carbonyl (C=O) groups is 1. The lowest BCUT2D eigenvalue weighted by atomic mass is 9.87. The number of ether oxygens (including phenoxy) is 1. The normalized spacial score (nSPS) is 12.2. The molecule has 0 fully saturated rings. The highest BCUT2D eigenvalue weighted by atomic mass is 16.6. The molecule has 29 heavy (non-hydrogen) atoms. The van der Waals surface area contributed by atoms with Crippen LogP contribution in [-0.4, -0.2) is 21.2 Å². The molecule has 1 aromatic heterocycles. The van der Waals surface area contributed by atoms with Gasteiger partial charge >= 0.3 is 6.09 Å². The number of rotatable bonds is 2. The molecule has 0 atom stereocenters. The van der Waals surface area contributed by atoms with E-state index in [1.165, 1.54) is 10.5 Å². The number of nitrogen functional groups attached to an aromatic ring is 1. The number of aryl methyl sites for hydroxylation is 1. The van der Waals surface area contributed by atoms with Crippen LogP contribution < -0.4 is 10.6 Å². The Bertz CT molecular complexity index is 1040. The summed E-state index contributed by atoms with van der Waals surface area (Å²) in [7, 11) is 1.88. The molecule has 1 amide bonds. The summed E-state index contributed by atoms with van der Waals surface area (Å²) >= 11 is 0. The fourth-order valence-electron chi connectivity index (χ4n) is 3.12. The van der Waals surface area contributed by atoms with Crippen molar-refractivity contribution in [2.45, 2.75) is 52.6 Å². The maximum atomic E-state index is 13.2. The summed E-state index contributed by atoms with van der Waals surface area (Å²) in [6.45, 7) is 12.0. The van der Waals surface area contributed by atoms with Crippen LogP contribution in [0.4, 0.5) is 22.1 Å². The van der Waals surface area contributed by atoms with Gasteiger partial charge in [0.15, 0.2) is 0 Å². The summed E-state index contributed by atoms with van der Waals surface area (Å²) in [4.78, 5) is 19.4. The van der Waals surface area contributed by atoms with Crippen LogP contribution in [0.2, 0.25) is 0 Å². The van der Waals surface area contributed by atoms with Crippen LogP contribution in [0.5, 0.6) is 0 Å². The lowest BCUT2D eigenvalue weighted by Crippen LogP contribution is -2.35. The summed E-state index contributed by atoms with van der Waals surface area (Å²) in [6, 6.07) is 13.5. The Balaban J connectivity index is 2.14. The van der Waals surface area contributed by atoms with Crippen molar-refractivity contribution in [3.05, 3.63) is 48.0 Å². The van der Waals surface area contributed by atoms with E-state index in [4.69, 9.17) is 10.5 Å². The molecule has 0 aliphatic heterocycles. The third-order valence-electron chi connectivity index (χ3n) is 4.65. The van der Waals surface area contributed by atoms with Gasteiger partial charge in [-0.1, -0.05) is 32.9 Å². The number of imidazole rings is 1. The molecular formula is C23H30N4O2. The van der Waals surface area contributed by atoms with Crippen molar-refractivity contribution >= 4 is 34.4 Å². The van der Waals surface area contributed by atoms with Crippen molar-refractivity contribution in [3.8, 4) is 0 Å². The Morgan fingerprint density at radius 1 is 1.03 bits per heavy atom. The number of hydrogen-bond acceptors (Lipinski definition) is 4. The van der Waals surface area contributed by atoms with Gasteiger partial charge < -0.3 is 15.0 Å². The fourth-order valence-corrected chi connectivity index (χ4v) is 3.12. The van der Waals surface area contributed by atoms with E-state index in [1.807, 2.05) is 68.8 Å². The van der Waals surface area contributed by atoms with Crippen LogP contribution in [-0.2, 0) is 17.2 Å². The number of benzene rings is 2. The lowest BCUT2D eigenvalue weighted by Gasteiger charge is -2.27. The van der Waals surface area contributed by atoms with Gasteiger partial charge in [0.1, 0.15) is 5.60 Å². The van der Waals surface area contributed by atoms with Gasteiger partial charge in [0.2, 0.25) is 5.95 Å². The van der Waals surface area contributed by atoms with Crippen LogP contribution in [0.25, 0.3) is 11.0 Å². The minimum atomic E-state index is -0.629. The monoisotopic (exact) mass is 394 g/mol. The molecule has 0 unspecified atom stereocenters. The average molecular weight is 395 g/mol. The first-order valence-corrected chi connectivity index (χ1v) is 9.72. The number of carbonyl (C=O) groups excluding carboxylic acids is 1. The van der Waals surface area contributed by atoms with Crippen molar-refractivity contribution in [2.24, 2.45) is 7.05 Å². The highest BCUT2D eigenvalue weighted by molar-refractivity contribution is 5.96. The minimum Gasteiger partial charge on any atom is -0.443 e. The molecule has 2 aromatic carbocycles. The van der Waals surface area contributed by atoms with Gasteiger partial charge in [0.25, 0.3) is 0 Å². The van der Waals surface area contributed by atoms with Crippen molar-refractivity contribution < 1.29 is 9.53 Å². The van der Waals surface area contributed by atoms with Gasteiger partial charge in [-0.2, -0.15) is 0 Å². The van der Waals surface area contributed by atoms with Crippen LogP contribution in [0.1, 0.15) is 47.1 Å². The molecule has 2 N–H and O–H groups in total. The van der Waals surface area contributed by atoms with Crippen LogP contribution in [0.15, 0.2) is 42.5 Å². The SMILES string of the molecule is Cn1c(N(C(=O)OC(C)(C)C)c2ccc(C(C)(C)C)cc2)nc2cc(N)ccc21. The topological polar surface area (TPSA) is 73.4 Å².